The van der Waals surface area contributed by atoms with E-state index in [-0.39, 0.29) is 5.57 Å². The average Bonchev–Trinajstić information content (AvgIpc) is 2.50. The van der Waals surface area contributed by atoms with E-state index in [9.17, 15) is 14.4 Å². The third-order valence-corrected chi connectivity index (χ3v) is 1.64. The maximum absolute atomic E-state index is 10.9. The number of carboxylic acids is 2. The molecule has 0 spiro atoms. The van der Waals surface area contributed by atoms with Gasteiger partial charge in [0, 0.05) is 5.57 Å². The minimum Gasteiger partial charge on any atom is -0.481 e. The van der Waals surface area contributed by atoms with Crippen molar-refractivity contribution in [2.75, 3.05) is 0 Å². The summed E-state index contributed by atoms with van der Waals surface area (Å²) in [6.07, 6.45) is 3.82. The van der Waals surface area contributed by atoms with Crippen molar-refractivity contribution in [3.63, 3.8) is 0 Å². The van der Waals surface area contributed by atoms with Gasteiger partial charge in [0.2, 0.25) is 0 Å². The molecule has 1 rings (SSSR count). The predicted molar refractivity (Wildman–Crippen MR) is 41.0 cm³/mol. The number of rotatable bonds is 3. The lowest BCUT2D eigenvalue weighted by molar-refractivity contribution is -0.148. The Hall–Kier alpha value is -1.91. The smallest absolute Gasteiger partial charge is 0.376 e. The van der Waals surface area contributed by atoms with Gasteiger partial charge in [0.15, 0.2) is 0 Å². The highest BCUT2D eigenvalue weighted by atomic mass is 16.4. The summed E-state index contributed by atoms with van der Waals surface area (Å²) in [5.74, 6) is -5.16. The van der Waals surface area contributed by atoms with Crippen molar-refractivity contribution < 1.29 is 24.6 Å². The van der Waals surface area contributed by atoms with Crippen molar-refractivity contribution in [3.8, 4) is 0 Å². The quantitative estimate of drug-likeness (QED) is 0.591. The van der Waals surface area contributed by atoms with Crippen LogP contribution in [0, 0.1) is 5.92 Å². The summed E-state index contributed by atoms with van der Waals surface area (Å²) in [4.78, 5) is 31.6. The van der Waals surface area contributed by atoms with Crippen molar-refractivity contribution in [2.45, 2.75) is 0 Å². The zero-order valence-electron chi connectivity index (χ0n) is 6.43. The van der Waals surface area contributed by atoms with Crippen LogP contribution < -0.4 is 0 Å². The Balaban J connectivity index is 2.90. The van der Waals surface area contributed by atoms with Gasteiger partial charge in [0.1, 0.15) is 5.92 Å². The Morgan fingerprint density at radius 1 is 1.23 bits per heavy atom. The summed E-state index contributed by atoms with van der Waals surface area (Å²) < 4.78 is 0. The molecule has 0 aromatic rings. The first-order chi connectivity index (χ1) is 6.04. The molecule has 0 aromatic heterocycles. The largest absolute Gasteiger partial charge is 0.481 e. The highest BCUT2D eigenvalue weighted by molar-refractivity contribution is 6.40. The molecule has 0 fully saturated rings. The summed E-state index contributed by atoms with van der Waals surface area (Å²) in [5.41, 5.74) is -0.208. The van der Waals surface area contributed by atoms with E-state index in [4.69, 9.17) is 10.2 Å². The Kier molecular flexibility index (Phi) is 2.27. The van der Waals surface area contributed by atoms with Gasteiger partial charge in [0.25, 0.3) is 5.78 Å². The van der Waals surface area contributed by atoms with Crippen LogP contribution in [-0.4, -0.2) is 27.9 Å². The summed E-state index contributed by atoms with van der Waals surface area (Å²) in [5, 5.41) is 16.9. The number of ketones is 1. The van der Waals surface area contributed by atoms with Crippen LogP contribution in [0.2, 0.25) is 0 Å². The van der Waals surface area contributed by atoms with Gasteiger partial charge in [-0.25, -0.2) is 4.79 Å². The number of hydrogen-bond donors (Lipinski definition) is 2. The first kappa shape index (κ1) is 9.18. The molecule has 13 heavy (non-hydrogen) atoms. The first-order valence-corrected chi connectivity index (χ1v) is 3.43. The van der Waals surface area contributed by atoms with Crippen LogP contribution in [-0.2, 0) is 14.4 Å². The Morgan fingerprint density at radius 2 is 1.85 bits per heavy atom. The molecule has 0 aliphatic heterocycles. The first-order valence-electron chi connectivity index (χ1n) is 3.43. The number of allylic oxidation sites excluding steroid dienone is 2. The second-order valence-electron chi connectivity index (χ2n) is 2.46. The maximum atomic E-state index is 10.9. The molecule has 5 nitrogen and oxygen atoms in total. The number of carboxylic acid groups (broad SMARTS) is 2. The van der Waals surface area contributed by atoms with Crippen molar-refractivity contribution in [2.24, 2.45) is 5.92 Å². The molecule has 1 aliphatic rings. The fourth-order valence-electron chi connectivity index (χ4n) is 1.03. The van der Waals surface area contributed by atoms with Crippen molar-refractivity contribution in [3.05, 3.63) is 23.8 Å². The summed E-state index contributed by atoms with van der Waals surface area (Å²) in [6, 6.07) is 0. The van der Waals surface area contributed by atoms with Crippen LogP contribution in [0.5, 0.6) is 0 Å². The van der Waals surface area contributed by atoms with Crippen molar-refractivity contribution in [1.82, 2.24) is 0 Å². The topological polar surface area (TPSA) is 91.7 Å². The number of carbonyl (C=O) groups is 3. The molecular formula is C8H6O5. The third kappa shape index (κ3) is 1.64. The van der Waals surface area contributed by atoms with E-state index in [1.807, 2.05) is 0 Å². The van der Waals surface area contributed by atoms with E-state index in [1.54, 1.807) is 0 Å². The van der Waals surface area contributed by atoms with Crippen LogP contribution in [0.25, 0.3) is 0 Å². The molecule has 0 aromatic carbocycles. The molecule has 5 heteroatoms. The van der Waals surface area contributed by atoms with Crippen LogP contribution in [0.1, 0.15) is 0 Å². The Labute approximate surface area is 73.0 Å². The minimum atomic E-state index is -1.64. The normalized spacial score (nSPS) is 19.7. The Bertz CT molecular complexity index is 336. The molecule has 0 radical (unpaired) electrons. The molecule has 1 atom stereocenters. The second-order valence-corrected chi connectivity index (χ2v) is 2.46. The lowest BCUT2D eigenvalue weighted by Crippen LogP contribution is -2.23. The van der Waals surface area contributed by atoms with Gasteiger partial charge >= 0.3 is 11.9 Å². The van der Waals surface area contributed by atoms with Crippen molar-refractivity contribution in [1.29, 1.82) is 0 Å². The molecule has 2 N–H and O–H groups in total. The molecule has 68 valence electrons. The summed E-state index contributed by atoms with van der Waals surface area (Å²) >= 11 is 0. The minimum absolute atomic E-state index is 0.208. The van der Waals surface area contributed by atoms with Gasteiger partial charge in [-0.2, -0.15) is 0 Å². The summed E-state index contributed by atoms with van der Waals surface area (Å²) in [7, 11) is 0. The monoisotopic (exact) mass is 182 g/mol. The third-order valence-electron chi connectivity index (χ3n) is 1.64. The fraction of sp³-hybridized carbons (Fsp3) is 0.125. The molecule has 1 aliphatic carbocycles. The molecular weight excluding hydrogens is 176 g/mol. The molecule has 0 saturated carbocycles. The van der Waals surface area contributed by atoms with E-state index >= 15 is 0 Å². The van der Waals surface area contributed by atoms with E-state index < -0.39 is 23.6 Å². The molecule has 0 heterocycles. The van der Waals surface area contributed by atoms with Crippen LogP contribution in [0.15, 0.2) is 23.8 Å². The second kappa shape index (κ2) is 3.22. The highest BCUT2D eigenvalue weighted by Gasteiger charge is 2.30. The number of aliphatic carboxylic acids is 2. The molecule has 1 unspecified atom stereocenters. The van der Waals surface area contributed by atoms with Gasteiger partial charge in [-0.1, -0.05) is 18.2 Å². The average molecular weight is 182 g/mol. The lowest BCUT2D eigenvalue weighted by Gasteiger charge is -2.04. The van der Waals surface area contributed by atoms with Crippen molar-refractivity contribution >= 4 is 17.7 Å². The lowest BCUT2D eigenvalue weighted by atomic mass is 9.99. The van der Waals surface area contributed by atoms with Gasteiger partial charge in [-0.15, -0.1) is 0 Å². The van der Waals surface area contributed by atoms with E-state index in [0.29, 0.717) is 0 Å². The zero-order chi connectivity index (χ0) is 10.0. The Morgan fingerprint density at radius 3 is 2.31 bits per heavy atom. The van der Waals surface area contributed by atoms with Gasteiger partial charge in [-0.05, 0) is 0 Å². The number of Topliss-reactive ketones (excluding diaryl/α,β-unsaturated/α-hetero) is 1. The molecule has 0 bridgehead atoms. The van der Waals surface area contributed by atoms with Gasteiger partial charge in [0.05, 0.1) is 0 Å². The fourth-order valence-corrected chi connectivity index (χ4v) is 1.03. The maximum Gasteiger partial charge on any atom is 0.376 e. The molecule has 0 amide bonds. The summed E-state index contributed by atoms with van der Waals surface area (Å²) in [6.45, 7) is 0. The zero-order valence-corrected chi connectivity index (χ0v) is 6.43. The molecule has 0 saturated heterocycles. The SMILES string of the molecule is O=C(O)C(=O)C1=CC=CC1C(=O)O. The van der Waals surface area contributed by atoms with E-state index in [2.05, 4.69) is 0 Å². The highest BCUT2D eigenvalue weighted by Crippen LogP contribution is 2.20. The van der Waals surface area contributed by atoms with Gasteiger partial charge < -0.3 is 10.2 Å². The number of carbonyl (C=O) groups excluding carboxylic acids is 1. The number of hydrogen-bond acceptors (Lipinski definition) is 3. The van der Waals surface area contributed by atoms with Crippen LogP contribution >= 0.6 is 0 Å². The van der Waals surface area contributed by atoms with E-state index in [1.165, 1.54) is 18.2 Å². The van der Waals surface area contributed by atoms with E-state index in [0.717, 1.165) is 0 Å². The van der Waals surface area contributed by atoms with Gasteiger partial charge in [-0.3, -0.25) is 9.59 Å². The van der Waals surface area contributed by atoms with Crippen LogP contribution in [0.4, 0.5) is 0 Å². The predicted octanol–water partition coefficient (Wildman–Crippen LogP) is -0.163. The van der Waals surface area contributed by atoms with Crippen LogP contribution in [0.3, 0.4) is 0 Å². The standard InChI is InChI=1S/C8H6O5/c9-6(8(12)13)4-2-1-3-5(4)7(10)11/h1-3,5H,(H,10,11)(H,12,13).